The third-order valence-corrected chi connectivity index (χ3v) is 4.52. The molecule has 0 amide bonds. The number of carbonyl (C=O) groups excluding carboxylic acids is 3. The van der Waals surface area contributed by atoms with Crippen molar-refractivity contribution in [1.82, 2.24) is 0 Å². The molecule has 0 N–H and O–H groups in total. The first kappa shape index (κ1) is 18.4. The van der Waals surface area contributed by atoms with Crippen molar-refractivity contribution in [2.75, 3.05) is 14.2 Å². The summed E-state index contributed by atoms with van der Waals surface area (Å²) in [5, 5.41) is 0. The third-order valence-electron chi connectivity index (χ3n) is 4.52. The van der Waals surface area contributed by atoms with E-state index in [1.54, 1.807) is 0 Å². The quantitative estimate of drug-likeness (QED) is 0.283. The van der Waals surface area contributed by atoms with Gasteiger partial charge in [0.1, 0.15) is 5.41 Å². The van der Waals surface area contributed by atoms with Gasteiger partial charge in [-0.15, -0.1) is 6.58 Å². The Morgan fingerprint density at radius 1 is 1.23 bits per heavy atom. The van der Waals surface area contributed by atoms with Crippen molar-refractivity contribution in [3.05, 3.63) is 12.7 Å². The van der Waals surface area contributed by atoms with Crippen molar-refractivity contribution in [1.29, 1.82) is 0 Å². The molecule has 1 aliphatic rings. The van der Waals surface area contributed by atoms with Gasteiger partial charge in [0.15, 0.2) is 5.78 Å². The molecule has 0 spiro atoms. The minimum atomic E-state index is -1.35. The zero-order chi connectivity index (χ0) is 16.6. The smallest absolute Gasteiger partial charge is 0.320 e. The molecular weight excluding hydrogens is 284 g/mol. The fourth-order valence-corrected chi connectivity index (χ4v) is 3.30. The highest BCUT2D eigenvalue weighted by Crippen LogP contribution is 2.46. The highest BCUT2D eigenvalue weighted by atomic mass is 16.5. The van der Waals surface area contributed by atoms with E-state index >= 15 is 0 Å². The highest BCUT2D eigenvalue weighted by Gasteiger charge is 2.59. The lowest BCUT2D eigenvalue weighted by atomic mass is 9.73. The number of carbonyl (C=O) groups is 3. The number of allylic oxidation sites excluding steroid dienone is 1. The first-order chi connectivity index (χ1) is 10.5. The maximum atomic E-state index is 12.4. The van der Waals surface area contributed by atoms with Crippen molar-refractivity contribution < 1.29 is 23.9 Å². The fourth-order valence-electron chi connectivity index (χ4n) is 3.30. The Bertz CT molecular complexity index is 429. The summed E-state index contributed by atoms with van der Waals surface area (Å²) in [6, 6.07) is 0. The summed E-state index contributed by atoms with van der Waals surface area (Å²) in [6.45, 7) is 3.68. The van der Waals surface area contributed by atoms with Crippen molar-refractivity contribution in [3.8, 4) is 0 Å². The standard InChI is InChI=1S/C17H26O5/c1-4-5-6-7-8-9-12-17(16(20)22-3)13(15(19)21-2)10-11-14(17)18/h4,13H,1,5-12H2,2-3H3. The summed E-state index contributed by atoms with van der Waals surface area (Å²) in [6.07, 6.45) is 7.47. The van der Waals surface area contributed by atoms with Crippen LogP contribution in [0.5, 0.6) is 0 Å². The summed E-state index contributed by atoms with van der Waals surface area (Å²) < 4.78 is 9.63. The van der Waals surface area contributed by atoms with Gasteiger partial charge in [0, 0.05) is 6.42 Å². The Balaban J connectivity index is 2.80. The van der Waals surface area contributed by atoms with Crippen LogP contribution in [0.4, 0.5) is 0 Å². The van der Waals surface area contributed by atoms with Crippen molar-refractivity contribution in [3.63, 3.8) is 0 Å². The molecule has 1 fully saturated rings. The van der Waals surface area contributed by atoms with Crippen LogP contribution >= 0.6 is 0 Å². The monoisotopic (exact) mass is 310 g/mol. The normalized spacial score (nSPS) is 24.1. The molecule has 1 aliphatic carbocycles. The average molecular weight is 310 g/mol. The molecular formula is C17H26O5. The molecule has 22 heavy (non-hydrogen) atoms. The predicted molar refractivity (Wildman–Crippen MR) is 82.1 cm³/mol. The van der Waals surface area contributed by atoms with Gasteiger partial charge in [0.05, 0.1) is 20.1 Å². The van der Waals surface area contributed by atoms with Crippen molar-refractivity contribution >= 4 is 17.7 Å². The zero-order valence-corrected chi connectivity index (χ0v) is 13.6. The number of ketones is 1. The van der Waals surface area contributed by atoms with Crippen LogP contribution in [-0.4, -0.2) is 31.9 Å². The Morgan fingerprint density at radius 2 is 1.91 bits per heavy atom. The van der Waals surface area contributed by atoms with Gasteiger partial charge in [0.25, 0.3) is 0 Å². The molecule has 1 saturated carbocycles. The van der Waals surface area contributed by atoms with E-state index in [9.17, 15) is 14.4 Å². The molecule has 5 nitrogen and oxygen atoms in total. The molecule has 0 saturated heterocycles. The second-order valence-electron chi connectivity index (χ2n) is 5.74. The van der Waals surface area contributed by atoms with Crippen LogP contribution in [0, 0.1) is 11.3 Å². The van der Waals surface area contributed by atoms with E-state index in [0.717, 1.165) is 25.7 Å². The first-order valence-electron chi connectivity index (χ1n) is 7.85. The lowest BCUT2D eigenvalue weighted by Gasteiger charge is -2.29. The topological polar surface area (TPSA) is 69.7 Å². The van der Waals surface area contributed by atoms with E-state index in [-0.39, 0.29) is 12.2 Å². The molecule has 0 aromatic carbocycles. The van der Waals surface area contributed by atoms with Gasteiger partial charge in [-0.3, -0.25) is 14.4 Å². The number of hydrogen-bond donors (Lipinski definition) is 0. The lowest BCUT2D eigenvalue weighted by Crippen LogP contribution is -2.45. The van der Waals surface area contributed by atoms with Crippen LogP contribution in [-0.2, 0) is 23.9 Å². The maximum Gasteiger partial charge on any atom is 0.320 e. The molecule has 0 aromatic rings. The number of hydrogen-bond acceptors (Lipinski definition) is 5. The number of rotatable bonds is 9. The molecule has 1 rings (SSSR count). The fraction of sp³-hybridized carbons (Fsp3) is 0.706. The largest absolute Gasteiger partial charge is 0.469 e. The van der Waals surface area contributed by atoms with Crippen molar-refractivity contribution in [2.45, 2.75) is 51.4 Å². The van der Waals surface area contributed by atoms with Gasteiger partial charge in [-0.1, -0.05) is 25.3 Å². The molecule has 5 heteroatoms. The van der Waals surface area contributed by atoms with Gasteiger partial charge < -0.3 is 9.47 Å². The van der Waals surface area contributed by atoms with Crippen LogP contribution in [0.15, 0.2) is 12.7 Å². The van der Waals surface area contributed by atoms with Gasteiger partial charge in [-0.25, -0.2) is 0 Å². The molecule has 0 bridgehead atoms. The Kier molecular flexibility index (Phi) is 7.28. The second-order valence-corrected chi connectivity index (χ2v) is 5.74. The van der Waals surface area contributed by atoms with Crippen LogP contribution in [0.2, 0.25) is 0 Å². The van der Waals surface area contributed by atoms with Crippen LogP contribution in [0.25, 0.3) is 0 Å². The second kappa shape index (κ2) is 8.71. The van der Waals surface area contributed by atoms with Gasteiger partial charge in [-0.05, 0) is 25.7 Å². The van der Waals surface area contributed by atoms with E-state index in [0.29, 0.717) is 19.3 Å². The molecule has 0 aliphatic heterocycles. The van der Waals surface area contributed by atoms with E-state index in [1.807, 2.05) is 6.08 Å². The van der Waals surface area contributed by atoms with E-state index in [1.165, 1.54) is 14.2 Å². The van der Waals surface area contributed by atoms with E-state index in [4.69, 9.17) is 9.47 Å². The molecule has 2 unspecified atom stereocenters. The summed E-state index contributed by atoms with van der Waals surface area (Å²) in [7, 11) is 2.54. The van der Waals surface area contributed by atoms with Gasteiger partial charge in [-0.2, -0.15) is 0 Å². The van der Waals surface area contributed by atoms with Crippen LogP contribution < -0.4 is 0 Å². The molecule has 0 heterocycles. The van der Waals surface area contributed by atoms with Crippen molar-refractivity contribution in [2.24, 2.45) is 11.3 Å². The number of Topliss-reactive ketones (excluding diaryl/α,β-unsaturated/α-hetero) is 1. The Labute approximate surface area is 132 Å². The third kappa shape index (κ3) is 3.76. The summed E-state index contributed by atoms with van der Waals surface area (Å²) >= 11 is 0. The summed E-state index contributed by atoms with van der Waals surface area (Å²) in [4.78, 5) is 36.6. The average Bonchev–Trinajstić information content (AvgIpc) is 2.87. The van der Waals surface area contributed by atoms with Crippen LogP contribution in [0.3, 0.4) is 0 Å². The minimum Gasteiger partial charge on any atom is -0.469 e. The Morgan fingerprint density at radius 3 is 2.50 bits per heavy atom. The molecule has 0 aromatic heterocycles. The highest BCUT2D eigenvalue weighted by molar-refractivity contribution is 6.09. The van der Waals surface area contributed by atoms with Gasteiger partial charge >= 0.3 is 11.9 Å². The van der Waals surface area contributed by atoms with E-state index in [2.05, 4.69) is 6.58 Å². The predicted octanol–water partition coefficient (Wildman–Crippen LogP) is 2.82. The molecule has 124 valence electrons. The molecule has 0 radical (unpaired) electrons. The zero-order valence-electron chi connectivity index (χ0n) is 13.6. The Hall–Kier alpha value is -1.65. The number of esters is 2. The van der Waals surface area contributed by atoms with Crippen LogP contribution in [0.1, 0.15) is 51.4 Å². The lowest BCUT2D eigenvalue weighted by molar-refractivity contribution is -0.168. The molecule has 2 atom stereocenters. The summed E-state index contributed by atoms with van der Waals surface area (Å²) in [5.74, 6) is -2.01. The number of ether oxygens (including phenoxy) is 2. The minimum absolute atomic E-state index is 0.194. The maximum absolute atomic E-state index is 12.4. The number of unbranched alkanes of at least 4 members (excludes halogenated alkanes) is 4. The SMILES string of the molecule is C=CCCCCCCC1(C(=O)OC)C(=O)CCC1C(=O)OC. The van der Waals surface area contributed by atoms with Gasteiger partial charge in [0.2, 0.25) is 0 Å². The summed E-state index contributed by atoms with van der Waals surface area (Å²) in [5.41, 5.74) is -1.35. The van der Waals surface area contributed by atoms with E-state index < -0.39 is 23.3 Å². The first-order valence-corrected chi connectivity index (χ1v) is 7.85. The number of methoxy groups -OCH3 is 2.